The van der Waals surface area contributed by atoms with E-state index < -0.39 is 0 Å². The molecule has 0 aliphatic rings. The molecule has 0 saturated carbocycles. The first-order chi connectivity index (χ1) is 0. The number of hydrogen-bond acceptors (Lipinski definition) is 4. The minimum atomic E-state index is 0. The van der Waals surface area contributed by atoms with Gasteiger partial charge in [-0.25, -0.2) is 0 Å². The molecule has 0 saturated heterocycles. The molecule has 0 bridgehead atoms. The molecule has 4 N–H and O–H groups in total. The van der Waals surface area contributed by atoms with Crippen LogP contribution in [-0.4, -0.2) is 21.9 Å². The molecule has 0 aromatic rings. The summed E-state index contributed by atoms with van der Waals surface area (Å²) in [6.45, 7) is 0. The quantitative estimate of drug-likeness (QED) is 0.545. The minimum absolute atomic E-state index is 0. The van der Waals surface area contributed by atoms with E-state index in [1.54, 1.807) is 0 Å². The summed E-state index contributed by atoms with van der Waals surface area (Å²) in [5.74, 6) is 0. The maximum absolute atomic E-state index is 0. The summed E-state index contributed by atoms with van der Waals surface area (Å²) >= 11 is 0. The Morgan fingerprint density at radius 1 is 0.429 bits per heavy atom. The Hall–Kier alpha value is 1.88. The monoisotopic (exact) mass is 328 g/mol. The van der Waals surface area contributed by atoms with Crippen LogP contribution in [0.5, 0.6) is 0 Å². The Balaban J connectivity index is 0. The molecule has 0 aliphatic carbocycles. The zero-order valence-electron chi connectivity index (χ0n) is 2.92. The fourth-order valence-electron chi connectivity index (χ4n) is 0. The number of rotatable bonds is 0. The van der Waals surface area contributed by atoms with Gasteiger partial charge in [0.05, 0.1) is 0 Å². The third-order valence-electron chi connectivity index (χ3n) is 0. The van der Waals surface area contributed by atoms with Crippen molar-refractivity contribution in [3.05, 3.63) is 0 Å². The van der Waals surface area contributed by atoms with Crippen LogP contribution in [0.1, 0.15) is 0 Å². The molecule has 0 fully saturated rings. The molecule has 0 rings (SSSR count). The first-order valence-corrected chi connectivity index (χ1v) is 0. The normalized spacial score (nSPS) is 0. The van der Waals surface area contributed by atoms with E-state index in [1.165, 1.54) is 0 Å². The van der Waals surface area contributed by atoms with E-state index in [0.29, 0.717) is 0 Å². The van der Waals surface area contributed by atoms with Crippen LogP contribution in [0.2, 0.25) is 0 Å². The molecule has 0 aromatic carbocycles. The molecule has 0 atom stereocenters. The maximum Gasteiger partial charge on any atom is 2.00 e. The fourth-order valence-corrected chi connectivity index (χ4v) is 0. The van der Waals surface area contributed by atoms with Crippen molar-refractivity contribution >= 4 is 0 Å². The summed E-state index contributed by atoms with van der Waals surface area (Å²) in [6, 6.07) is 0. The second kappa shape index (κ2) is 106. The molecule has 0 aliphatic heterocycles. The predicted molar refractivity (Wildman–Crippen MR) is 7.74 cm³/mol. The number of hydrogen-bond donors (Lipinski definition) is 0. The van der Waals surface area contributed by atoms with Crippen molar-refractivity contribution < 1.29 is 84.5 Å². The molecule has 52 valence electrons. The second-order valence-corrected chi connectivity index (χ2v) is 0. The summed E-state index contributed by atoms with van der Waals surface area (Å²) in [5, 5.41) is 0. The molecule has 0 aromatic heterocycles. The van der Waals surface area contributed by atoms with Gasteiger partial charge in [0, 0.05) is 21.7 Å². The van der Waals surface area contributed by atoms with E-state index in [2.05, 4.69) is 0 Å². The summed E-state index contributed by atoms with van der Waals surface area (Å²) < 4.78 is 0. The Labute approximate surface area is 83.9 Å². The average Bonchev–Trinajstić information content (AvgIpc) is 0. The van der Waals surface area contributed by atoms with Gasteiger partial charge in [0.1, 0.15) is 0 Å². The Morgan fingerprint density at radius 3 is 0.429 bits per heavy atom. The van der Waals surface area contributed by atoms with Crippen LogP contribution in [0, 0.1) is 0 Å². The van der Waals surface area contributed by atoms with Gasteiger partial charge in [-0.15, -0.1) is 0 Å². The van der Waals surface area contributed by atoms with Crippen LogP contribution in [-0.2, 0) is 62.6 Å². The standard InChI is InChI=1S/4H2O.2Pd.Ti/h4*1H2;;;/q;;;;2*+2;/p-4. The van der Waals surface area contributed by atoms with Crippen molar-refractivity contribution in [3.8, 4) is 0 Å². The van der Waals surface area contributed by atoms with Crippen LogP contribution < -0.4 is 0 Å². The zero-order valence-corrected chi connectivity index (χ0v) is 7.59. The van der Waals surface area contributed by atoms with Gasteiger partial charge in [-0.1, -0.05) is 0 Å². The van der Waals surface area contributed by atoms with Crippen molar-refractivity contribution in [2.75, 3.05) is 0 Å². The zero-order chi connectivity index (χ0) is 0. The molecular formula is H4O4Pd2Ti. The summed E-state index contributed by atoms with van der Waals surface area (Å²) in [6.07, 6.45) is 0. The molecule has 0 unspecified atom stereocenters. The molecule has 7 heteroatoms. The summed E-state index contributed by atoms with van der Waals surface area (Å²) in [4.78, 5) is 0. The van der Waals surface area contributed by atoms with Gasteiger partial charge < -0.3 is 21.9 Å². The molecular weight excluding hydrogens is 325 g/mol. The maximum atomic E-state index is 0. The van der Waals surface area contributed by atoms with Gasteiger partial charge in [0.2, 0.25) is 0 Å². The van der Waals surface area contributed by atoms with Gasteiger partial charge >= 0.3 is 40.8 Å². The van der Waals surface area contributed by atoms with Crippen LogP contribution in [0.4, 0.5) is 0 Å². The van der Waals surface area contributed by atoms with Crippen molar-refractivity contribution in [2.45, 2.75) is 0 Å². The fraction of sp³-hybridized carbons (Fsp3) is 0. The van der Waals surface area contributed by atoms with Gasteiger partial charge in [0.15, 0.2) is 0 Å². The Morgan fingerprint density at radius 2 is 0.429 bits per heavy atom. The Kier molecular flexibility index (Phi) is 2360. The van der Waals surface area contributed by atoms with Crippen molar-refractivity contribution in [3.63, 3.8) is 0 Å². The minimum Gasteiger partial charge on any atom is -0.870 e. The summed E-state index contributed by atoms with van der Waals surface area (Å²) in [7, 11) is 0. The molecule has 0 spiro atoms. The van der Waals surface area contributed by atoms with Gasteiger partial charge in [-0.3, -0.25) is 0 Å². The van der Waals surface area contributed by atoms with E-state index in [1.807, 2.05) is 0 Å². The van der Waals surface area contributed by atoms with E-state index in [4.69, 9.17) is 0 Å². The van der Waals surface area contributed by atoms with Gasteiger partial charge in [0.25, 0.3) is 0 Å². The van der Waals surface area contributed by atoms with E-state index in [-0.39, 0.29) is 84.5 Å². The van der Waals surface area contributed by atoms with E-state index >= 15 is 0 Å². The smallest absolute Gasteiger partial charge is 0.870 e. The second-order valence-electron chi connectivity index (χ2n) is 0. The van der Waals surface area contributed by atoms with Crippen molar-refractivity contribution in [2.24, 2.45) is 0 Å². The molecule has 0 amide bonds. The first-order valence-electron chi connectivity index (χ1n) is 0. The van der Waals surface area contributed by atoms with Crippen molar-refractivity contribution in [1.29, 1.82) is 0 Å². The topological polar surface area (TPSA) is 120 Å². The van der Waals surface area contributed by atoms with Gasteiger partial charge in [-0.05, 0) is 0 Å². The molecule has 7 heavy (non-hydrogen) atoms. The third kappa shape index (κ3) is 77.1. The van der Waals surface area contributed by atoms with Crippen LogP contribution in [0.15, 0.2) is 0 Å². The molecule has 4 nitrogen and oxygen atoms in total. The predicted octanol–water partition coefficient (Wildman–Crippen LogP) is -0.715. The first kappa shape index (κ1) is 156. The van der Waals surface area contributed by atoms with E-state index in [9.17, 15) is 0 Å². The molecule has 0 heterocycles. The van der Waals surface area contributed by atoms with Crippen LogP contribution in [0.3, 0.4) is 0 Å². The van der Waals surface area contributed by atoms with E-state index in [0.717, 1.165) is 0 Å². The van der Waals surface area contributed by atoms with Crippen molar-refractivity contribution in [1.82, 2.24) is 0 Å². The average molecular weight is 329 g/mol. The van der Waals surface area contributed by atoms with Crippen LogP contribution >= 0.6 is 0 Å². The largest absolute Gasteiger partial charge is 2.00 e. The Bertz CT molecular complexity index is 9.65. The summed E-state index contributed by atoms with van der Waals surface area (Å²) in [5.41, 5.74) is 0. The van der Waals surface area contributed by atoms with Crippen LogP contribution in [0.25, 0.3) is 0 Å². The SMILES string of the molecule is [OH-].[OH-].[OH-].[OH-].[Pd+2].[Pd+2].[Ti]. The molecule has 0 radical (unpaired) electrons. The third-order valence-corrected chi connectivity index (χ3v) is 0. The van der Waals surface area contributed by atoms with Gasteiger partial charge in [-0.2, -0.15) is 0 Å².